The fraction of sp³-hybridized carbons (Fsp3) is 0.952. The van der Waals surface area contributed by atoms with Crippen LogP contribution in [0.15, 0.2) is 4.99 Å². The highest BCUT2D eigenvalue weighted by molar-refractivity contribution is 5.79. The van der Waals surface area contributed by atoms with Crippen LogP contribution in [0.2, 0.25) is 0 Å². The van der Waals surface area contributed by atoms with Crippen molar-refractivity contribution in [2.75, 3.05) is 52.5 Å². The third-order valence-corrected chi connectivity index (χ3v) is 5.86. The largest absolute Gasteiger partial charge is 0.379 e. The van der Waals surface area contributed by atoms with Gasteiger partial charge < -0.3 is 20.1 Å². The Morgan fingerprint density at radius 1 is 1.19 bits per heavy atom. The Morgan fingerprint density at radius 2 is 1.89 bits per heavy atom. The Morgan fingerprint density at radius 3 is 2.52 bits per heavy atom. The number of guanidine groups is 1. The van der Waals surface area contributed by atoms with Crippen molar-refractivity contribution in [2.45, 2.75) is 71.4 Å². The molecule has 0 spiro atoms. The van der Waals surface area contributed by atoms with Crippen LogP contribution < -0.4 is 10.6 Å². The van der Waals surface area contributed by atoms with Crippen molar-refractivity contribution in [1.82, 2.24) is 15.5 Å². The number of morpholine rings is 1. The van der Waals surface area contributed by atoms with E-state index in [1.807, 2.05) is 0 Å². The van der Waals surface area contributed by atoms with Crippen molar-refractivity contribution in [3.05, 3.63) is 0 Å². The van der Waals surface area contributed by atoms with Crippen molar-refractivity contribution in [3.8, 4) is 0 Å². The lowest BCUT2D eigenvalue weighted by atomic mass is 9.98. The summed E-state index contributed by atoms with van der Waals surface area (Å²) in [6.45, 7) is 15.8. The molecule has 1 aliphatic carbocycles. The highest BCUT2D eigenvalue weighted by atomic mass is 16.5. The topological polar surface area (TPSA) is 58.1 Å². The molecule has 1 saturated heterocycles. The molecule has 0 radical (unpaired) electrons. The van der Waals surface area contributed by atoms with Gasteiger partial charge in [0.2, 0.25) is 0 Å². The molecule has 0 bridgehead atoms. The normalized spacial score (nSPS) is 21.4. The van der Waals surface area contributed by atoms with E-state index < -0.39 is 0 Å². The number of nitrogens with one attached hydrogen (secondary N) is 2. The number of hydrogen-bond acceptors (Lipinski definition) is 4. The van der Waals surface area contributed by atoms with Gasteiger partial charge in [-0.3, -0.25) is 9.89 Å². The first kappa shape index (κ1) is 22.4. The van der Waals surface area contributed by atoms with Gasteiger partial charge >= 0.3 is 0 Å². The smallest absolute Gasteiger partial charge is 0.191 e. The van der Waals surface area contributed by atoms with Gasteiger partial charge in [-0.2, -0.15) is 0 Å². The second-order valence-electron chi connectivity index (χ2n) is 8.36. The van der Waals surface area contributed by atoms with Gasteiger partial charge in [-0.25, -0.2) is 0 Å². The van der Waals surface area contributed by atoms with E-state index >= 15 is 0 Å². The van der Waals surface area contributed by atoms with E-state index in [-0.39, 0.29) is 5.54 Å². The lowest BCUT2D eigenvalue weighted by molar-refractivity contribution is -0.00684. The zero-order valence-electron chi connectivity index (χ0n) is 18.1. The van der Waals surface area contributed by atoms with Crippen LogP contribution in [-0.2, 0) is 9.47 Å². The van der Waals surface area contributed by atoms with Crippen LogP contribution in [0.3, 0.4) is 0 Å². The summed E-state index contributed by atoms with van der Waals surface area (Å²) in [5, 5.41) is 6.91. The maximum atomic E-state index is 6.04. The molecule has 2 rings (SSSR count). The zero-order chi connectivity index (χ0) is 19.5. The summed E-state index contributed by atoms with van der Waals surface area (Å²) >= 11 is 0. The summed E-state index contributed by atoms with van der Waals surface area (Å²) in [5.74, 6) is 1.66. The number of rotatable bonds is 10. The monoisotopic (exact) mass is 382 g/mol. The maximum Gasteiger partial charge on any atom is 0.191 e. The lowest BCUT2D eigenvalue weighted by Gasteiger charge is -2.39. The third kappa shape index (κ3) is 7.59. The van der Waals surface area contributed by atoms with E-state index in [2.05, 4.69) is 43.2 Å². The van der Waals surface area contributed by atoms with E-state index in [0.29, 0.717) is 6.10 Å². The molecule has 2 fully saturated rings. The molecule has 6 nitrogen and oxygen atoms in total. The SMILES string of the molecule is CCNC(=NCC(C)(C)N1CCOCC1)NCCC(OCC)C1CCCC1. The highest BCUT2D eigenvalue weighted by Crippen LogP contribution is 2.30. The van der Waals surface area contributed by atoms with E-state index in [4.69, 9.17) is 14.5 Å². The van der Waals surface area contributed by atoms with Gasteiger partial charge in [0.1, 0.15) is 0 Å². The average molecular weight is 383 g/mol. The number of aliphatic imine (C=N–C) groups is 1. The van der Waals surface area contributed by atoms with Crippen LogP contribution in [0.1, 0.15) is 59.8 Å². The van der Waals surface area contributed by atoms with Crippen molar-refractivity contribution in [1.29, 1.82) is 0 Å². The van der Waals surface area contributed by atoms with Gasteiger partial charge in [-0.15, -0.1) is 0 Å². The highest BCUT2D eigenvalue weighted by Gasteiger charge is 2.28. The second kappa shape index (κ2) is 11.9. The molecular weight excluding hydrogens is 340 g/mol. The molecule has 158 valence electrons. The fourth-order valence-corrected chi connectivity index (χ4v) is 4.21. The number of nitrogens with zero attached hydrogens (tertiary/aromatic N) is 2. The molecule has 2 aliphatic rings. The van der Waals surface area contributed by atoms with Crippen LogP contribution in [0.25, 0.3) is 0 Å². The molecule has 1 unspecified atom stereocenters. The fourth-order valence-electron chi connectivity index (χ4n) is 4.21. The van der Waals surface area contributed by atoms with Crippen LogP contribution in [-0.4, -0.2) is 75.0 Å². The first-order chi connectivity index (χ1) is 13.1. The minimum atomic E-state index is 0.0455. The summed E-state index contributed by atoms with van der Waals surface area (Å²) in [6, 6.07) is 0. The predicted octanol–water partition coefficient (Wildman–Crippen LogP) is 2.64. The van der Waals surface area contributed by atoms with Crippen molar-refractivity contribution in [3.63, 3.8) is 0 Å². The lowest BCUT2D eigenvalue weighted by Crippen LogP contribution is -2.52. The summed E-state index contributed by atoms with van der Waals surface area (Å²) < 4.78 is 11.5. The van der Waals surface area contributed by atoms with E-state index in [0.717, 1.165) is 70.8 Å². The van der Waals surface area contributed by atoms with Gasteiger partial charge in [0.25, 0.3) is 0 Å². The molecule has 1 atom stereocenters. The van der Waals surface area contributed by atoms with Crippen LogP contribution >= 0.6 is 0 Å². The minimum absolute atomic E-state index is 0.0455. The molecule has 1 saturated carbocycles. The first-order valence-corrected chi connectivity index (χ1v) is 11.0. The summed E-state index contributed by atoms with van der Waals surface area (Å²) in [4.78, 5) is 7.35. The number of hydrogen-bond donors (Lipinski definition) is 2. The molecule has 0 aromatic heterocycles. The molecule has 0 aromatic rings. The second-order valence-corrected chi connectivity index (χ2v) is 8.36. The molecule has 0 aromatic carbocycles. The quantitative estimate of drug-likeness (QED) is 0.449. The van der Waals surface area contributed by atoms with Crippen molar-refractivity contribution >= 4 is 5.96 Å². The maximum absolute atomic E-state index is 6.04. The van der Waals surface area contributed by atoms with Gasteiger partial charge in [0.05, 0.1) is 25.9 Å². The predicted molar refractivity (Wildman–Crippen MR) is 112 cm³/mol. The summed E-state index contributed by atoms with van der Waals surface area (Å²) in [6.07, 6.45) is 6.82. The Balaban J connectivity index is 1.82. The Labute approximate surface area is 166 Å². The molecule has 1 heterocycles. The van der Waals surface area contributed by atoms with Gasteiger partial charge in [-0.05, 0) is 52.9 Å². The van der Waals surface area contributed by atoms with E-state index in [9.17, 15) is 0 Å². The van der Waals surface area contributed by atoms with Gasteiger partial charge in [-0.1, -0.05) is 12.8 Å². The zero-order valence-corrected chi connectivity index (χ0v) is 18.1. The number of ether oxygens (including phenoxy) is 2. The average Bonchev–Trinajstić information content (AvgIpc) is 3.21. The molecule has 6 heteroatoms. The summed E-state index contributed by atoms with van der Waals surface area (Å²) in [5.41, 5.74) is 0.0455. The Bertz CT molecular complexity index is 430. The minimum Gasteiger partial charge on any atom is -0.379 e. The summed E-state index contributed by atoms with van der Waals surface area (Å²) in [7, 11) is 0. The first-order valence-electron chi connectivity index (χ1n) is 11.0. The van der Waals surface area contributed by atoms with Gasteiger partial charge in [0.15, 0.2) is 5.96 Å². The molecular formula is C21H42N4O2. The molecule has 27 heavy (non-hydrogen) atoms. The molecule has 0 amide bonds. The van der Waals surface area contributed by atoms with Gasteiger partial charge in [0, 0.05) is 38.3 Å². The van der Waals surface area contributed by atoms with E-state index in [1.165, 1.54) is 25.7 Å². The van der Waals surface area contributed by atoms with Crippen LogP contribution in [0.4, 0.5) is 0 Å². The van der Waals surface area contributed by atoms with Crippen LogP contribution in [0, 0.1) is 5.92 Å². The Hall–Kier alpha value is -0.850. The molecule has 2 N–H and O–H groups in total. The van der Waals surface area contributed by atoms with Crippen molar-refractivity contribution < 1.29 is 9.47 Å². The molecule has 1 aliphatic heterocycles. The van der Waals surface area contributed by atoms with Crippen LogP contribution in [0.5, 0.6) is 0 Å². The van der Waals surface area contributed by atoms with Crippen molar-refractivity contribution in [2.24, 2.45) is 10.9 Å². The Kier molecular flexibility index (Phi) is 9.87. The standard InChI is InChI=1S/C21H42N4O2/c1-5-22-20(24-17-21(3,4)25-13-15-26-16-14-25)23-12-11-19(27-6-2)18-9-7-8-10-18/h18-19H,5-17H2,1-4H3,(H2,22,23,24). The van der Waals surface area contributed by atoms with E-state index in [1.54, 1.807) is 0 Å². The third-order valence-electron chi connectivity index (χ3n) is 5.86.